The van der Waals surface area contributed by atoms with Gasteiger partial charge in [0.1, 0.15) is 5.76 Å². The quantitative estimate of drug-likeness (QED) is 0.261. The van der Waals surface area contributed by atoms with Gasteiger partial charge in [-0.2, -0.15) is 0 Å². The van der Waals surface area contributed by atoms with E-state index in [1.165, 1.54) is 4.90 Å². The van der Waals surface area contributed by atoms with Crippen LogP contribution in [0.15, 0.2) is 78.6 Å². The average Bonchev–Trinajstić information content (AvgIpc) is 3.10. The molecule has 2 heterocycles. The zero-order valence-electron chi connectivity index (χ0n) is 19.1. The molecule has 0 bridgehead atoms. The molecule has 1 N–H and O–H groups in total. The first-order chi connectivity index (χ1) is 16.3. The van der Waals surface area contributed by atoms with Crippen LogP contribution in [0.4, 0.5) is 5.69 Å². The Morgan fingerprint density at radius 1 is 0.941 bits per heavy atom. The van der Waals surface area contributed by atoms with E-state index in [0.717, 1.165) is 5.56 Å². The number of aliphatic hydroxyl groups is 1. The van der Waals surface area contributed by atoms with Gasteiger partial charge >= 0.3 is 5.97 Å². The van der Waals surface area contributed by atoms with Crippen LogP contribution in [-0.2, 0) is 14.3 Å². The third-order valence-electron chi connectivity index (χ3n) is 5.52. The van der Waals surface area contributed by atoms with E-state index in [2.05, 4.69) is 4.98 Å². The number of aromatic nitrogens is 1. The Morgan fingerprint density at radius 2 is 1.53 bits per heavy atom. The summed E-state index contributed by atoms with van der Waals surface area (Å²) < 4.78 is 5.22. The van der Waals surface area contributed by atoms with Gasteiger partial charge in [0.05, 0.1) is 23.3 Å². The summed E-state index contributed by atoms with van der Waals surface area (Å²) in [5.74, 6) is -2.29. The Labute approximate surface area is 197 Å². The summed E-state index contributed by atoms with van der Waals surface area (Å²) in [7, 11) is 0. The summed E-state index contributed by atoms with van der Waals surface area (Å²) in [6.45, 7) is 5.43. The highest BCUT2D eigenvalue weighted by Gasteiger charge is 2.47. The molecule has 1 amide bonds. The highest BCUT2D eigenvalue weighted by atomic mass is 16.5. The summed E-state index contributed by atoms with van der Waals surface area (Å²) in [6, 6.07) is 15.8. The third-order valence-corrected chi connectivity index (χ3v) is 5.52. The Balaban J connectivity index is 1.82. The van der Waals surface area contributed by atoms with Crippen LogP contribution in [0, 0.1) is 6.92 Å². The fourth-order valence-electron chi connectivity index (χ4n) is 3.87. The third kappa shape index (κ3) is 4.32. The first-order valence-corrected chi connectivity index (χ1v) is 10.9. The zero-order chi connectivity index (χ0) is 24.4. The van der Waals surface area contributed by atoms with Crippen molar-refractivity contribution in [2.45, 2.75) is 32.9 Å². The number of pyridine rings is 1. The van der Waals surface area contributed by atoms with Crippen molar-refractivity contribution in [1.29, 1.82) is 0 Å². The number of nitrogens with zero attached hydrogens (tertiary/aromatic N) is 2. The number of ether oxygens (including phenoxy) is 1. The van der Waals surface area contributed by atoms with E-state index >= 15 is 0 Å². The van der Waals surface area contributed by atoms with Crippen molar-refractivity contribution in [3.8, 4) is 0 Å². The molecule has 1 aromatic heterocycles. The van der Waals surface area contributed by atoms with Crippen LogP contribution in [-0.4, -0.2) is 33.9 Å². The van der Waals surface area contributed by atoms with Gasteiger partial charge in [0.15, 0.2) is 0 Å². The molecule has 1 fully saturated rings. The predicted molar refractivity (Wildman–Crippen MR) is 127 cm³/mol. The minimum Gasteiger partial charge on any atom is -0.507 e. The Kier molecular flexibility index (Phi) is 6.27. The summed E-state index contributed by atoms with van der Waals surface area (Å²) in [6.07, 6.45) is 2.86. The Hall–Kier alpha value is -4.26. The molecule has 0 aliphatic carbocycles. The largest absolute Gasteiger partial charge is 0.507 e. The van der Waals surface area contributed by atoms with E-state index in [1.807, 2.05) is 19.1 Å². The second kappa shape index (κ2) is 9.31. The van der Waals surface area contributed by atoms with Gasteiger partial charge in [-0.15, -0.1) is 0 Å². The van der Waals surface area contributed by atoms with Crippen LogP contribution >= 0.6 is 0 Å². The fourth-order valence-corrected chi connectivity index (χ4v) is 3.87. The molecule has 7 heteroatoms. The van der Waals surface area contributed by atoms with E-state index in [1.54, 1.807) is 74.8 Å². The van der Waals surface area contributed by atoms with Crippen LogP contribution in [0.3, 0.4) is 0 Å². The SMILES string of the molecule is Cc1ccc(/C(O)=C2\C(=O)C(=O)N(c3ccc(C(=O)OC(C)C)cc3)C2c2ccncc2)cc1. The first kappa shape index (κ1) is 22.9. The van der Waals surface area contributed by atoms with Crippen molar-refractivity contribution < 1.29 is 24.2 Å². The van der Waals surface area contributed by atoms with Crippen molar-refractivity contribution in [2.24, 2.45) is 0 Å². The van der Waals surface area contributed by atoms with Crippen LogP contribution in [0.5, 0.6) is 0 Å². The number of esters is 1. The number of rotatable bonds is 5. The summed E-state index contributed by atoms with van der Waals surface area (Å²) in [5, 5.41) is 11.1. The Bertz CT molecular complexity index is 1260. The number of Topliss-reactive ketones (excluding diaryl/α,β-unsaturated/α-hetero) is 1. The predicted octanol–water partition coefficient (Wildman–Crippen LogP) is 4.58. The lowest BCUT2D eigenvalue weighted by atomic mass is 9.95. The molecule has 1 atom stereocenters. The lowest BCUT2D eigenvalue weighted by Crippen LogP contribution is -2.29. The smallest absolute Gasteiger partial charge is 0.338 e. The van der Waals surface area contributed by atoms with Gasteiger partial charge in [-0.05, 0) is 62.7 Å². The molecular weight excluding hydrogens is 432 g/mol. The van der Waals surface area contributed by atoms with Gasteiger partial charge < -0.3 is 9.84 Å². The monoisotopic (exact) mass is 456 g/mol. The molecule has 0 radical (unpaired) electrons. The van der Waals surface area contributed by atoms with Crippen LogP contribution in [0.25, 0.3) is 5.76 Å². The molecule has 1 aliphatic rings. The van der Waals surface area contributed by atoms with Crippen molar-refractivity contribution in [3.63, 3.8) is 0 Å². The van der Waals surface area contributed by atoms with E-state index in [-0.39, 0.29) is 17.4 Å². The number of anilines is 1. The standard InChI is InChI=1S/C27H24N2O5/c1-16(2)34-27(33)20-8-10-21(11-9-20)29-23(18-12-14-28-15-13-18)22(25(31)26(29)32)24(30)19-6-4-17(3)5-7-19/h4-16,23,30H,1-3H3/b24-22+. The number of ketones is 1. The van der Waals surface area contributed by atoms with Gasteiger partial charge in [0, 0.05) is 23.6 Å². The second-order valence-electron chi connectivity index (χ2n) is 8.32. The van der Waals surface area contributed by atoms with Crippen molar-refractivity contribution in [2.75, 3.05) is 4.90 Å². The number of carbonyl (C=O) groups is 3. The van der Waals surface area contributed by atoms with Gasteiger partial charge in [-0.1, -0.05) is 29.8 Å². The molecule has 1 aliphatic heterocycles. The van der Waals surface area contributed by atoms with Gasteiger partial charge in [-0.3, -0.25) is 19.5 Å². The molecule has 0 saturated carbocycles. The topological polar surface area (TPSA) is 96.8 Å². The molecule has 4 rings (SSSR count). The van der Waals surface area contributed by atoms with Crippen LogP contribution in [0.2, 0.25) is 0 Å². The van der Waals surface area contributed by atoms with Crippen LogP contribution < -0.4 is 4.90 Å². The number of aliphatic hydroxyl groups excluding tert-OH is 1. The summed E-state index contributed by atoms with van der Waals surface area (Å²) in [4.78, 5) is 43.9. The molecule has 7 nitrogen and oxygen atoms in total. The molecule has 1 unspecified atom stereocenters. The molecular formula is C27H24N2O5. The van der Waals surface area contributed by atoms with Crippen molar-refractivity contribution in [3.05, 3.63) is 101 Å². The number of carbonyl (C=O) groups excluding carboxylic acids is 3. The highest BCUT2D eigenvalue weighted by molar-refractivity contribution is 6.51. The van der Waals surface area contributed by atoms with Crippen molar-refractivity contribution in [1.82, 2.24) is 4.98 Å². The second-order valence-corrected chi connectivity index (χ2v) is 8.32. The maximum atomic E-state index is 13.2. The molecule has 2 aromatic carbocycles. The van der Waals surface area contributed by atoms with E-state index in [4.69, 9.17) is 4.74 Å². The van der Waals surface area contributed by atoms with Gasteiger partial charge in [0.2, 0.25) is 0 Å². The maximum Gasteiger partial charge on any atom is 0.338 e. The number of benzene rings is 2. The number of hydrogen-bond donors (Lipinski definition) is 1. The maximum absolute atomic E-state index is 13.2. The fraction of sp³-hybridized carbons (Fsp3) is 0.185. The number of hydrogen-bond acceptors (Lipinski definition) is 6. The molecule has 3 aromatic rings. The van der Waals surface area contributed by atoms with Gasteiger partial charge in [0.25, 0.3) is 11.7 Å². The zero-order valence-corrected chi connectivity index (χ0v) is 19.1. The van der Waals surface area contributed by atoms with E-state index in [0.29, 0.717) is 22.4 Å². The molecule has 34 heavy (non-hydrogen) atoms. The van der Waals surface area contributed by atoms with Crippen molar-refractivity contribution >= 4 is 29.1 Å². The van der Waals surface area contributed by atoms with E-state index < -0.39 is 23.7 Å². The van der Waals surface area contributed by atoms with Gasteiger partial charge in [-0.25, -0.2) is 4.79 Å². The lowest BCUT2D eigenvalue weighted by molar-refractivity contribution is -0.132. The summed E-state index contributed by atoms with van der Waals surface area (Å²) >= 11 is 0. The molecule has 0 spiro atoms. The minimum atomic E-state index is -0.863. The van der Waals surface area contributed by atoms with Crippen LogP contribution in [0.1, 0.15) is 46.9 Å². The lowest BCUT2D eigenvalue weighted by Gasteiger charge is -2.25. The summed E-state index contributed by atoms with van der Waals surface area (Å²) in [5.41, 5.74) is 2.78. The molecule has 172 valence electrons. The molecule has 1 saturated heterocycles. The van der Waals surface area contributed by atoms with E-state index in [9.17, 15) is 19.5 Å². The minimum absolute atomic E-state index is 0.0108. The average molecular weight is 456 g/mol. The number of amides is 1. The normalized spacial score (nSPS) is 17.3. The Morgan fingerprint density at radius 3 is 2.12 bits per heavy atom. The highest BCUT2D eigenvalue weighted by Crippen LogP contribution is 2.42. The number of aryl methyl sites for hydroxylation is 1. The first-order valence-electron chi connectivity index (χ1n) is 10.9.